The Kier molecular flexibility index (Phi) is 5.57. The summed E-state index contributed by atoms with van der Waals surface area (Å²) in [5.74, 6) is -0.146. The zero-order valence-corrected chi connectivity index (χ0v) is 13.1. The largest absolute Gasteiger partial charge is 0.399 e. The molecule has 0 saturated heterocycles. The summed E-state index contributed by atoms with van der Waals surface area (Å²) in [6, 6.07) is 5.46. The third-order valence-electron chi connectivity index (χ3n) is 3.11. The van der Waals surface area contributed by atoms with E-state index in [0.29, 0.717) is 12.3 Å². The van der Waals surface area contributed by atoms with Crippen LogP contribution in [0.25, 0.3) is 0 Å². The quantitative estimate of drug-likeness (QED) is 0.812. The Morgan fingerprint density at radius 1 is 1.40 bits per heavy atom. The average Bonchev–Trinajstić information content (AvgIpc) is 2.32. The monoisotopic (exact) mass is 278 g/mol. The van der Waals surface area contributed by atoms with E-state index in [4.69, 9.17) is 10.5 Å². The second-order valence-corrected chi connectivity index (χ2v) is 6.39. The van der Waals surface area contributed by atoms with E-state index in [1.54, 1.807) is 13.0 Å². The second-order valence-electron chi connectivity index (χ2n) is 6.39. The molecule has 1 rings (SSSR count). The molecule has 1 aromatic rings. The fourth-order valence-corrected chi connectivity index (χ4v) is 1.63. The maximum absolute atomic E-state index is 12.1. The third-order valence-corrected chi connectivity index (χ3v) is 3.11. The van der Waals surface area contributed by atoms with Gasteiger partial charge in [0.05, 0.1) is 0 Å². The maximum atomic E-state index is 12.1. The van der Waals surface area contributed by atoms with Crippen LogP contribution in [0.1, 0.15) is 39.7 Å². The predicted octanol–water partition coefficient (Wildman–Crippen LogP) is 3.36. The SMILES string of the molecule is Cc1ccc(N)cc1NC(=O)C(C)OCCC(C)(C)C. The van der Waals surface area contributed by atoms with Crippen LogP contribution in [0, 0.1) is 12.3 Å². The summed E-state index contributed by atoms with van der Waals surface area (Å²) in [4.78, 5) is 12.1. The van der Waals surface area contributed by atoms with Crippen LogP contribution in [-0.2, 0) is 9.53 Å². The number of aryl methyl sites for hydroxylation is 1. The zero-order chi connectivity index (χ0) is 15.3. The molecule has 0 heterocycles. The number of anilines is 2. The Hall–Kier alpha value is -1.55. The summed E-state index contributed by atoms with van der Waals surface area (Å²) in [6.07, 6.45) is 0.445. The summed E-state index contributed by atoms with van der Waals surface area (Å²) in [6.45, 7) is 10.7. The molecular weight excluding hydrogens is 252 g/mol. The van der Waals surface area contributed by atoms with Crippen molar-refractivity contribution in [3.63, 3.8) is 0 Å². The lowest BCUT2D eigenvalue weighted by atomic mass is 9.93. The first kappa shape index (κ1) is 16.5. The molecule has 1 unspecified atom stereocenters. The molecule has 0 spiro atoms. The van der Waals surface area contributed by atoms with Gasteiger partial charge in [-0.25, -0.2) is 0 Å². The van der Waals surface area contributed by atoms with Gasteiger partial charge >= 0.3 is 0 Å². The number of amides is 1. The van der Waals surface area contributed by atoms with Gasteiger partial charge in [0.15, 0.2) is 0 Å². The van der Waals surface area contributed by atoms with E-state index in [0.717, 1.165) is 17.7 Å². The van der Waals surface area contributed by atoms with Crippen LogP contribution in [0.15, 0.2) is 18.2 Å². The van der Waals surface area contributed by atoms with E-state index < -0.39 is 6.10 Å². The van der Waals surface area contributed by atoms with Crippen molar-refractivity contribution in [3.05, 3.63) is 23.8 Å². The van der Waals surface area contributed by atoms with E-state index in [-0.39, 0.29) is 11.3 Å². The van der Waals surface area contributed by atoms with Crippen molar-refractivity contribution >= 4 is 17.3 Å². The molecular formula is C16H26N2O2. The van der Waals surface area contributed by atoms with E-state index in [9.17, 15) is 4.79 Å². The zero-order valence-electron chi connectivity index (χ0n) is 13.1. The van der Waals surface area contributed by atoms with Gasteiger partial charge in [-0.1, -0.05) is 26.8 Å². The molecule has 3 N–H and O–H groups in total. The van der Waals surface area contributed by atoms with E-state index in [1.165, 1.54) is 0 Å². The Balaban J connectivity index is 2.51. The van der Waals surface area contributed by atoms with Gasteiger partial charge in [-0.05, 0) is 43.4 Å². The van der Waals surface area contributed by atoms with Crippen molar-refractivity contribution in [1.82, 2.24) is 0 Å². The first-order valence-electron chi connectivity index (χ1n) is 6.97. The second kappa shape index (κ2) is 6.75. The van der Waals surface area contributed by atoms with Gasteiger partial charge in [-0.15, -0.1) is 0 Å². The van der Waals surface area contributed by atoms with Gasteiger partial charge < -0.3 is 15.8 Å². The molecule has 0 bridgehead atoms. The van der Waals surface area contributed by atoms with Gasteiger partial charge in [-0.2, -0.15) is 0 Å². The molecule has 4 heteroatoms. The molecule has 0 aromatic heterocycles. The molecule has 1 aromatic carbocycles. The number of hydrogen-bond donors (Lipinski definition) is 2. The van der Waals surface area contributed by atoms with E-state index >= 15 is 0 Å². The molecule has 20 heavy (non-hydrogen) atoms. The van der Waals surface area contributed by atoms with Crippen LogP contribution < -0.4 is 11.1 Å². The number of carbonyl (C=O) groups excluding carboxylic acids is 1. The van der Waals surface area contributed by atoms with Crippen molar-refractivity contribution in [2.24, 2.45) is 5.41 Å². The topological polar surface area (TPSA) is 64.3 Å². The summed E-state index contributed by atoms with van der Waals surface area (Å²) < 4.78 is 5.58. The van der Waals surface area contributed by atoms with Crippen molar-refractivity contribution < 1.29 is 9.53 Å². The van der Waals surface area contributed by atoms with Gasteiger partial charge in [0.1, 0.15) is 6.10 Å². The van der Waals surface area contributed by atoms with Crippen molar-refractivity contribution in [3.8, 4) is 0 Å². The Bertz CT molecular complexity index is 464. The number of nitrogens with two attached hydrogens (primary N) is 1. The highest BCUT2D eigenvalue weighted by Gasteiger charge is 2.16. The van der Waals surface area contributed by atoms with Crippen LogP contribution in [0.3, 0.4) is 0 Å². The van der Waals surface area contributed by atoms with Crippen molar-refractivity contribution in [2.75, 3.05) is 17.7 Å². The molecule has 112 valence electrons. The van der Waals surface area contributed by atoms with Gasteiger partial charge in [0.2, 0.25) is 0 Å². The molecule has 0 fully saturated rings. The highest BCUT2D eigenvalue weighted by atomic mass is 16.5. The minimum absolute atomic E-state index is 0.146. The lowest BCUT2D eigenvalue weighted by Crippen LogP contribution is -2.29. The fourth-order valence-electron chi connectivity index (χ4n) is 1.63. The average molecular weight is 278 g/mol. The maximum Gasteiger partial charge on any atom is 0.253 e. The number of benzene rings is 1. The molecule has 0 aliphatic carbocycles. The van der Waals surface area contributed by atoms with Crippen molar-refractivity contribution in [2.45, 2.75) is 47.1 Å². The number of carbonyl (C=O) groups is 1. The Labute approximate surface area is 121 Å². The Morgan fingerprint density at radius 3 is 2.65 bits per heavy atom. The molecule has 0 radical (unpaired) electrons. The summed E-state index contributed by atoms with van der Waals surface area (Å²) in [7, 11) is 0. The van der Waals surface area contributed by atoms with Crippen LogP contribution >= 0.6 is 0 Å². The minimum Gasteiger partial charge on any atom is -0.399 e. The molecule has 1 atom stereocenters. The highest BCUT2D eigenvalue weighted by Crippen LogP contribution is 2.20. The van der Waals surface area contributed by atoms with Crippen LogP contribution in [-0.4, -0.2) is 18.6 Å². The standard InChI is InChI=1S/C16H26N2O2/c1-11-6-7-13(17)10-14(11)18-15(19)12(2)20-9-8-16(3,4)5/h6-7,10,12H,8-9,17H2,1-5H3,(H,18,19). The number of hydrogen-bond acceptors (Lipinski definition) is 3. The molecule has 4 nitrogen and oxygen atoms in total. The first-order chi connectivity index (χ1) is 9.19. The lowest BCUT2D eigenvalue weighted by Gasteiger charge is -2.20. The summed E-state index contributed by atoms with van der Waals surface area (Å²) >= 11 is 0. The summed E-state index contributed by atoms with van der Waals surface area (Å²) in [5.41, 5.74) is 8.28. The Morgan fingerprint density at radius 2 is 2.05 bits per heavy atom. The third kappa shape index (κ3) is 5.61. The lowest BCUT2D eigenvalue weighted by molar-refractivity contribution is -0.126. The number of ether oxygens (including phenoxy) is 1. The van der Waals surface area contributed by atoms with Crippen molar-refractivity contribution in [1.29, 1.82) is 0 Å². The number of rotatable bonds is 5. The first-order valence-corrected chi connectivity index (χ1v) is 6.97. The summed E-state index contributed by atoms with van der Waals surface area (Å²) in [5, 5.41) is 2.85. The predicted molar refractivity (Wildman–Crippen MR) is 83.7 cm³/mol. The van der Waals surface area contributed by atoms with Crippen LogP contribution in [0.5, 0.6) is 0 Å². The van der Waals surface area contributed by atoms with Crippen LogP contribution in [0.2, 0.25) is 0 Å². The molecule has 0 aliphatic rings. The van der Waals surface area contributed by atoms with Gasteiger partial charge in [0.25, 0.3) is 5.91 Å². The molecule has 0 saturated carbocycles. The highest BCUT2D eigenvalue weighted by molar-refractivity contribution is 5.95. The van der Waals surface area contributed by atoms with Crippen LogP contribution in [0.4, 0.5) is 11.4 Å². The minimum atomic E-state index is -0.474. The molecule has 1 amide bonds. The van der Waals surface area contributed by atoms with Gasteiger partial charge in [-0.3, -0.25) is 4.79 Å². The van der Waals surface area contributed by atoms with E-state index in [2.05, 4.69) is 26.1 Å². The number of nitrogen functional groups attached to an aromatic ring is 1. The molecule has 0 aliphatic heterocycles. The number of nitrogens with one attached hydrogen (secondary N) is 1. The normalized spacial score (nSPS) is 13.1. The fraction of sp³-hybridized carbons (Fsp3) is 0.562. The van der Waals surface area contributed by atoms with E-state index in [1.807, 2.05) is 19.1 Å². The smallest absolute Gasteiger partial charge is 0.253 e. The van der Waals surface area contributed by atoms with Gasteiger partial charge in [0, 0.05) is 18.0 Å².